The number of hydrogen-bond donors (Lipinski definition) is 1. The molecule has 0 aliphatic heterocycles. The van der Waals surface area contributed by atoms with E-state index in [0.29, 0.717) is 10.9 Å². The summed E-state index contributed by atoms with van der Waals surface area (Å²) in [6.45, 7) is 3.53. The minimum atomic E-state index is -0.411. The summed E-state index contributed by atoms with van der Waals surface area (Å²) in [5, 5.41) is 0. The average molecular weight is 245 g/mol. The van der Waals surface area contributed by atoms with Crippen LogP contribution in [0.25, 0.3) is 0 Å². The fourth-order valence-corrected chi connectivity index (χ4v) is 1.29. The molecule has 0 spiro atoms. The summed E-state index contributed by atoms with van der Waals surface area (Å²) in [5.41, 5.74) is 5.95. The van der Waals surface area contributed by atoms with Gasteiger partial charge < -0.3 is 5.73 Å². The predicted octanol–water partition coefficient (Wildman–Crippen LogP) is 2.56. The molecule has 0 aliphatic rings. The van der Waals surface area contributed by atoms with Crippen molar-refractivity contribution in [1.82, 2.24) is 4.98 Å². The third-order valence-corrected chi connectivity index (χ3v) is 2.04. The van der Waals surface area contributed by atoms with Gasteiger partial charge in [0.1, 0.15) is 5.82 Å². The molecule has 0 radical (unpaired) electrons. The zero-order chi connectivity index (χ0) is 9.84. The second-order valence-electron chi connectivity index (χ2n) is 2.65. The quantitative estimate of drug-likeness (QED) is 0.831. The summed E-state index contributed by atoms with van der Waals surface area (Å²) in [4.78, 5) is 3.90. The molecule has 0 saturated carbocycles. The SMILES string of the molecule is C=CCC(N)c1ncc(Br)cc1F. The van der Waals surface area contributed by atoms with Crippen molar-refractivity contribution in [3.63, 3.8) is 0 Å². The number of pyridine rings is 1. The number of nitrogens with two attached hydrogens (primary N) is 1. The van der Waals surface area contributed by atoms with Crippen LogP contribution in [0.4, 0.5) is 4.39 Å². The van der Waals surface area contributed by atoms with Crippen LogP contribution < -0.4 is 5.73 Å². The van der Waals surface area contributed by atoms with Crippen molar-refractivity contribution in [2.45, 2.75) is 12.5 Å². The van der Waals surface area contributed by atoms with E-state index in [1.807, 2.05) is 0 Å². The molecular formula is C9H10BrFN2. The van der Waals surface area contributed by atoms with Gasteiger partial charge in [0.25, 0.3) is 0 Å². The van der Waals surface area contributed by atoms with Gasteiger partial charge in [0.05, 0.1) is 11.7 Å². The number of aromatic nitrogens is 1. The molecule has 1 aromatic rings. The summed E-state index contributed by atoms with van der Waals surface area (Å²) in [6, 6.07) is 0.941. The van der Waals surface area contributed by atoms with E-state index in [0.717, 1.165) is 0 Å². The molecule has 4 heteroatoms. The highest BCUT2D eigenvalue weighted by Crippen LogP contribution is 2.18. The first-order valence-corrected chi connectivity index (χ1v) is 4.62. The molecule has 2 N–H and O–H groups in total. The molecule has 13 heavy (non-hydrogen) atoms. The Hall–Kier alpha value is -0.740. The number of hydrogen-bond acceptors (Lipinski definition) is 2. The molecule has 0 aliphatic carbocycles. The lowest BCUT2D eigenvalue weighted by atomic mass is 10.1. The van der Waals surface area contributed by atoms with Gasteiger partial charge in [0.15, 0.2) is 0 Å². The van der Waals surface area contributed by atoms with Crippen LogP contribution in [-0.2, 0) is 0 Å². The Morgan fingerprint density at radius 2 is 2.46 bits per heavy atom. The highest BCUT2D eigenvalue weighted by molar-refractivity contribution is 9.10. The van der Waals surface area contributed by atoms with Gasteiger partial charge in [-0.25, -0.2) is 4.39 Å². The van der Waals surface area contributed by atoms with Gasteiger partial charge in [-0.15, -0.1) is 6.58 Å². The lowest BCUT2D eigenvalue weighted by molar-refractivity contribution is 0.566. The highest BCUT2D eigenvalue weighted by atomic mass is 79.9. The summed E-state index contributed by atoms with van der Waals surface area (Å²) >= 11 is 3.12. The van der Waals surface area contributed by atoms with Crippen LogP contribution in [0.3, 0.4) is 0 Å². The fraction of sp³-hybridized carbons (Fsp3) is 0.222. The molecule has 0 bridgehead atoms. The Bertz CT molecular complexity index is 314. The van der Waals surface area contributed by atoms with E-state index in [9.17, 15) is 4.39 Å². The van der Waals surface area contributed by atoms with Gasteiger partial charge in [-0.1, -0.05) is 6.08 Å². The molecule has 70 valence electrons. The van der Waals surface area contributed by atoms with E-state index < -0.39 is 6.04 Å². The maximum atomic E-state index is 13.2. The maximum absolute atomic E-state index is 13.2. The molecule has 1 heterocycles. The highest BCUT2D eigenvalue weighted by Gasteiger charge is 2.11. The summed E-state index contributed by atoms with van der Waals surface area (Å²) in [7, 11) is 0. The van der Waals surface area contributed by atoms with Crippen molar-refractivity contribution < 1.29 is 4.39 Å². The molecule has 0 amide bonds. The van der Waals surface area contributed by atoms with Crippen molar-refractivity contribution in [2.24, 2.45) is 5.73 Å². The van der Waals surface area contributed by atoms with Crippen LogP contribution in [0.2, 0.25) is 0 Å². The third kappa shape index (κ3) is 2.60. The van der Waals surface area contributed by atoms with Crippen molar-refractivity contribution >= 4 is 15.9 Å². The average Bonchev–Trinajstić information content (AvgIpc) is 2.04. The van der Waals surface area contributed by atoms with Gasteiger partial charge in [0.2, 0.25) is 0 Å². The Labute approximate surface area is 84.8 Å². The van der Waals surface area contributed by atoms with Gasteiger partial charge in [-0.3, -0.25) is 4.98 Å². The molecule has 0 saturated heterocycles. The van der Waals surface area contributed by atoms with Crippen molar-refractivity contribution in [2.75, 3.05) is 0 Å². The maximum Gasteiger partial charge on any atom is 0.147 e. The molecule has 1 atom stereocenters. The molecule has 1 unspecified atom stereocenters. The van der Waals surface area contributed by atoms with Crippen molar-refractivity contribution in [1.29, 1.82) is 0 Å². The van der Waals surface area contributed by atoms with E-state index in [1.165, 1.54) is 12.3 Å². The van der Waals surface area contributed by atoms with Crippen molar-refractivity contribution in [3.8, 4) is 0 Å². The standard InChI is InChI=1S/C9H10BrFN2/c1-2-3-8(12)9-7(11)4-6(10)5-13-9/h2,4-5,8H,1,3,12H2. The van der Waals surface area contributed by atoms with Gasteiger partial charge >= 0.3 is 0 Å². The zero-order valence-electron chi connectivity index (χ0n) is 7.00. The second kappa shape index (κ2) is 4.48. The molecular weight excluding hydrogens is 235 g/mol. The lowest BCUT2D eigenvalue weighted by Crippen LogP contribution is -2.13. The summed E-state index contributed by atoms with van der Waals surface area (Å²) in [5.74, 6) is -0.385. The first-order chi connectivity index (χ1) is 6.15. The van der Waals surface area contributed by atoms with E-state index >= 15 is 0 Å². The first kappa shape index (κ1) is 10.3. The van der Waals surface area contributed by atoms with E-state index in [1.54, 1.807) is 6.08 Å². The normalized spacial score (nSPS) is 12.5. The Balaban J connectivity index is 2.94. The van der Waals surface area contributed by atoms with Crippen LogP contribution in [0.5, 0.6) is 0 Å². The van der Waals surface area contributed by atoms with Crippen LogP contribution in [0.1, 0.15) is 18.2 Å². The van der Waals surface area contributed by atoms with Crippen molar-refractivity contribution in [3.05, 3.63) is 40.9 Å². The van der Waals surface area contributed by atoms with Gasteiger partial charge in [-0.05, 0) is 28.4 Å². The van der Waals surface area contributed by atoms with Crippen LogP contribution >= 0.6 is 15.9 Å². The Kier molecular flexibility index (Phi) is 3.57. The Morgan fingerprint density at radius 1 is 1.77 bits per heavy atom. The van der Waals surface area contributed by atoms with Gasteiger partial charge in [0, 0.05) is 10.7 Å². The minimum absolute atomic E-state index is 0.281. The third-order valence-electron chi connectivity index (χ3n) is 1.61. The molecule has 0 aromatic carbocycles. The number of rotatable bonds is 3. The number of nitrogens with zero attached hydrogens (tertiary/aromatic N) is 1. The minimum Gasteiger partial charge on any atom is -0.322 e. The molecule has 1 aromatic heterocycles. The smallest absolute Gasteiger partial charge is 0.147 e. The molecule has 0 fully saturated rings. The van der Waals surface area contributed by atoms with Gasteiger partial charge in [-0.2, -0.15) is 0 Å². The van der Waals surface area contributed by atoms with Crippen LogP contribution in [-0.4, -0.2) is 4.98 Å². The van der Waals surface area contributed by atoms with E-state index in [2.05, 4.69) is 27.5 Å². The predicted molar refractivity (Wildman–Crippen MR) is 53.6 cm³/mol. The topological polar surface area (TPSA) is 38.9 Å². The Morgan fingerprint density at radius 3 is 3.00 bits per heavy atom. The first-order valence-electron chi connectivity index (χ1n) is 3.82. The monoisotopic (exact) mass is 244 g/mol. The van der Waals surface area contributed by atoms with E-state index in [4.69, 9.17) is 5.73 Å². The fourth-order valence-electron chi connectivity index (χ4n) is 0.989. The van der Waals surface area contributed by atoms with E-state index in [-0.39, 0.29) is 11.5 Å². The second-order valence-corrected chi connectivity index (χ2v) is 3.57. The zero-order valence-corrected chi connectivity index (χ0v) is 8.59. The largest absolute Gasteiger partial charge is 0.322 e. The number of halogens is 2. The summed E-state index contributed by atoms with van der Waals surface area (Å²) in [6.07, 6.45) is 3.70. The van der Waals surface area contributed by atoms with Crippen LogP contribution in [0, 0.1) is 5.82 Å². The lowest BCUT2D eigenvalue weighted by Gasteiger charge is -2.08. The molecule has 1 rings (SSSR count). The van der Waals surface area contributed by atoms with Crippen LogP contribution in [0.15, 0.2) is 29.4 Å². The molecule has 2 nitrogen and oxygen atoms in total. The summed E-state index contributed by atoms with van der Waals surface area (Å²) < 4.78 is 13.8.